The smallest absolute Gasteiger partial charge is 0.326 e. The second kappa shape index (κ2) is 20.6. The van der Waals surface area contributed by atoms with Crippen molar-refractivity contribution < 1.29 is 33.8 Å². The van der Waals surface area contributed by atoms with E-state index in [9.17, 15) is 29.1 Å². The van der Waals surface area contributed by atoms with Crippen LogP contribution in [0.5, 0.6) is 5.75 Å². The van der Waals surface area contributed by atoms with E-state index in [4.69, 9.17) is 4.74 Å². The van der Waals surface area contributed by atoms with E-state index < -0.39 is 60.4 Å². The highest BCUT2D eigenvalue weighted by Gasteiger charge is 2.32. The molecule has 0 saturated carbocycles. The quantitative estimate of drug-likeness (QED) is 0.113. The molecule has 0 saturated heterocycles. The number of aromatic nitrogens is 1. The lowest BCUT2D eigenvalue weighted by Gasteiger charge is -2.26. The largest absolute Gasteiger partial charge is 0.484 e. The molecule has 12 nitrogen and oxygen atoms in total. The number of carbonyl (C=O) groups is 5. The molecule has 2 bridgehead atoms. The number of hydrogen-bond acceptors (Lipinski definition) is 7. The van der Waals surface area contributed by atoms with Gasteiger partial charge >= 0.3 is 5.97 Å². The zero-order valence-electron chi connectivity index (χ0n) is 33.9. The van der Waals surface area contributed by atoms with Crippen LogP contribution in [0.2, 0.25) is 0 Å². The van der Waals surface area contributed by atoms with Gasteiger partial charge in [-0.15, -0.1) is 0 Å². The Morgan fingerprint density at radius 1 is 0.548 bits per heavy atom. The molecule has 8 rings (SSSR count). The van der Waals surface area contributed by atoms with Crippen LogP contribution in [-0.4, -0.2) is 70.5 Å². The lowest BCUT2D eigenvalue weighted by Crippen LogP contribution is -2.59. The molecule has 1 aromatic heterocycles. The van der Waals surface area contributed by atoms with E-state index in [1.165, 1.54) is 0 Å². The highest BCUT2D eigenvalue weighted by atomic mass is 16.5. The minimum absolute atomic E-state index is 0.0375. The molecule has 2 aliphatic heterocycles. The highest BCUT2D eigenvalue weighted by Crippen LogP contribution is 2.22. The third-order valence-electron chi connectivity index (χ3n) is 10.7. The van der Waals surface area contributed by atoms with Crippen molar-refractivity contribution >= 4 is 29.6 Å². The lowest BCUT2D eigenvalue weighted by molar-refractivity contribution is -0.142. The second-order valence-corrected chi connectivity index (χ2v) is 15.2. The van der Waals surface area contributed by atoms with Gasteiger partial charge in [0.05, 0.1) is 0 Å². The minimum atomic E-state index is -1.32. The van der Waals surface area contributed by atoms with Crippen molar-refractivity contribution in [3.63, 3.8) is 0 Å². The Kier molecular flexibility index (Phi) is 14.1. The van der Waals surface area contributed by atoms with Crippen LogP contribution in [0.4, 0.5) is 0 Å². The predicted octanol–water partition coefficient (Wildman–Crippen LogP) is 5.49. The maximum absolute atomic E-state index is 14.5. The van der Waals surface area contributed by atoms with Crippen LogP contribution in [-0.2, 0) is 49.7 Å². The Labute approximate surface area is 359 Å². The van der Waals surface area contributed by atoms with Crippen molar-refractivity contribution in [2.75, 3.05) is 6.61 Å². The minimum Gasteiger partial charge on any atom is -0.484 e. The Morgan fingerprint density at radius 3 is 1.63 bits per heavy atom. The number of fused-ring (bicyclic) bond motifs is 16. The van der Waals surface area contributed by atoms with Crippen molar-refractivity contribution in [3.05, 3.63) is 180 Å². The summed E-state index contributed by atoms with van der Waals surface area (Å²) in [5, 5.41) is 21.4. The van der Waals surface area contributed by atoms with Gasteiger partial charge in [0.2, 0.25) is 17.7 Å². The molecule has 62 heavy (non-hydrogen) atoms. The Balaban J connectivity index is 1.21. The third-order valence-corrected chi connectivity index (χ3v) is 10.7. The number of carboxylic acids is 1. The van der Waals surface area contributed by atoms with E-state index in [2.05, 4.69) is 26.3 Å². The number of rotatable bonds is 10. The standard InChI is InChI=1S/C50H47N5O7/c56-46-32-62-41-22-15-36(16-23-41)31-45(50(60)61)55-47(57)42(24-17-33-7-3-1-4-8-33)53-49(59)44(30-35-11-18-38(19-12-35)37-9-5-2-6-10-37)54-48(58)43(52-46)29-34-13-20-39(21-14-34)40-25-27-51-28-26-40/h1-16,18-23,25-28,42-45H,17,24,29-32H2,(H,52,56)(H,53,59)(H,54,58)(H,55,57)(H,60,61)/t42-,43-,44+,45+/m1/s1. The molecule has 5 aromatic carbocycles. The Bertz CT molecular complexity index is 2450. The monoisotopic (exact) mass is 829 g/mol. The van der Waals surface area contributed by atoms with Gasteiger partial charge in [0, 0.05) is 31.7 Å². The van der Waals surface area contributed by atoms with Crippen LogP contribution >= 0.6 is 0 Å². The summed E-state index contributed by atoms with van der Waals surface area (Å²) in [4.78, 5) is 73.1. The number of aliphatic carboxylic acids is 1. The average molecular weight is 830 g/mol. The van der Waals surface area contributed by atoms with Crippen molar-refractivity contribution in [1.29, 1.82) is 0 Å². The number of aryl methyl sites for hydroxylation is 1. The molecule has 0 fully saturated rings. The molecular formula is C50H47N5O7. The summed E-state index contributed by atoms with van der Waals surface area (Å²) in [5.74, 6) is -3.45. The molecule has 0 radical (unpaired) electrons. The number of carboxylic acid groups (broad SMARTS) is 1. The molecule has 12 heteroatoms. The fraction of sp³-hybridized carbons (Fsp3) is 0.200. The fourth-order valence-corrected chi connectivity index (χ4v) is 7.32. The Hall–Kier alpha value is -7.60. The number of benzene rings is 5. The molecule has 0 unspecified atom stereocenters. The van der Waals surface area contributed by atoms with Gasteiger partial charge in [0.15, 0.2) is 6.61 Å². The number of pyridine rings is 1. The summed E-state index contributed by atoms with van der Waals surface area (Å²) in [6.07, 6.45) is 4.02. The van der Waals surface area contributed by atoms with Gasteiger partial charge in [0.1, 0.15) is 29.9 Å². The van der Waals surface area contributed by atoms with Gasteiger partial charge in [-0.2, -0.15) is 0 Å². The zero-order chi connectivity index (χ0) is 43.3. The first kappa shape index (κ1) is 42.5. The normalized spacial score (nSPS) is 18.7. The number of nitrogens with zero attached hydrogens (tertiary/aromatic N) is 1. The first-order valence-corrected chi connectivity index (χ1v) is 20.5. The highest BCUT2D eigenvalue weighted by molar-refractivity contribution is 5.95. The molecule has 0 spiro atoms. The maximum Gasteiger partial charge on any atom is 0.326 e. The van der Waals surface area contributed by atoms with Crippen molar-refractivity contribution in [2.45, 2.75) is 56.3 Å². The van der Waals surface area contributed by atoms with Gasteiger partial charge in [-0.05, 0) is 81.6 Å². The van der Waals surface area contributed by atoms with E-state index in [-0.39, 0.29) is 25.7 Å². The number of ether oxygens (including phenoxy) is 1. The van der Waals surface area contributed by atoms with Gasteiger partial charge < -0.3 is 31.1 Å². The maximum atomic E-state index is 14.5. The van der Waals surface area contributed by atoms with E-state index in [1.807, 2.05) is 121 Å². The zero-order valence-corrected chi connectivity index (χ0v) is 33.9. The summed E-state index contributed by atoms with van der Waals surface area (Å²) in [5.41, 5.74) is 6.88. The van der Waals surface area contributed by atoms with Crippen molar-refractivity contribution in [1.82, 2.24) is 26.3 Å². The molecule has 5 N–H and O–H groups in total. The number of nitrogens with one attached hydrogen (secondary N) is 4. The van der Waals surface area contributed by atoms with Crippen LogP contribution in [0.1, 0.15) is 28.7 Å². The van der Waals surface area contributed by atoms with Gasteiger partial charge in [-0.1, -0.05) is 121 Å². The SMILES string of the molecule is O=C1COc2ccc(cc2)C[C@@H](C(=O)O)NC(=O)[C@@H](CCc2ccccc2)NC(=O)[C@H](Cc2ccc(-c3ccccc3)cc2)NC(=O)[C@@H](Cc2ccc(-c3ccncc3)cc2)N1. The van der Waals surface area contributed by atoms with E-state index in [0.29, 0.717) is 17.7 Å². The van der Waals surface area contributed by atoms with E-state index in [0.717, 1.165) is 38.9 Å². The van der Waals surface area contributed by atoms with Crippen LogP contribution in [0.25, 0.3) is 22.3 Å². The van der Waals surface area contributed by atoms with Gasteiger partial charge in [-0.3, -0.25) is 24.2 Å². The summed E-state index contributed by atoms with van der Waals surface area (Å²) >= 11 is 0. The number of hydrogen-bond donors (Lipinski definition) is 5. The molecule has 0 aliphatic carbocycles. The summed E-state index contributed by atoms with van der Waals surface area (Å²) in [6.45, 7) is -0.418. The van der Waals surface area contributed by atoms with Crippen LogP contribution in [0, 0.1) is 0 Å². The van der Waals surface area contributed by atoms with Crippen LogP contribution in [0.15, 0.2) is 158 Å². The third kappa shape index (κ3) is 11.8. The van der Waals surface area contributed by atoms with E-state index >= 15 is 0 Å². The summed E-state index contributed by atoms with van der Waals surface area (Å²) in [6, 6.07) is 39.9. The summed E-state index contributed by atoms with van der Waals surface area (Å²) in [7, 11) is 0. The molecule has 6 aromatic rings. The number of amides is 4. The fourth-order valence-electron chi connectivity index (χ4n) is 7.32. The molecule has 4 amide bonds. The lowest BCUT2D eigenvalue weighted by atomic mass is 9.98. The van der Waals surface area contributed by atoms with Crippen LogP contribution in [0.3, 0.4) is 0 Å². The first-order chi connectivity index (χ1) is 30.2. The summed E-state index contributed by atoms with van der Waals surface area (Å²) < 4.78 is 5.76. The number of carbonyl (C=O) groups excluding carboxylic acids is 4. The molecule has 3 heterocycles. The Morgan fingerprint density at radius 2 is 1.05 bits per heavy atom. The topological polar surface area (TPSA) is 176 Å². The molecule has 314 valence electrons. The van der Waals surface area contributed by atoms with Crippen molar-refractivity contribution in [3.8, 4) is 28.0 Å². The average Bonchev–Trinajstić information content (AvgIpc) is 3.30. The van der Waals surface area contributed by atoms with Gasteiger partial charge in [-0.25, -0.2) is 4.79 Å². The van der Waals surface area contributed by atoms with Crippen molar-refractivity contribution in [2.24, 2.45) is 0 Å². The predicted molar refractivity (Wildman–Crippen MR) is 235 cm³/mol. The molecule has 4 atom stereocenters. The van der Waals surface area contributed by atoms with E-state index in [1.54, 1.807) is 36.7 Å². The van der Waals surface area contributed by atoms with Gasteiger partial charge in [0.25, 0.3) is 5.91 Å². The molecular weight excluding hydrogens is 783 g/mol. The molecule has 2 aliphatic rings. The second-order valence-electron chi connectivity index (χ2n) is 15.2. The van der Waals surface area contributed by atoms with Crippen LogP contribution < -0.4 is 26.0 Å². The first-order valence-electron chi connectivity index (χ1n) is 20.5.